The highest BCUT2D eigenvalue weighted by molar-refractivity contribution is 6.17. The van der Waals surface area contributed by atoms with Crippen LogP contribution < -0.4 is 9.47 Å². The summed E-state index contributed by atoms with van der Waals surface area (Å²) in [6.07, 6.45) is 1.29. The summed E-state index contributed by atoms with van der Waals surface area (Å²) < 4.78 is 50.0. The van der Waals surface area contributed by atoms with E-state index in [1.807, 2.05) is 0 Å². The maximum absolute atomic E-state index is 13.7. The predicted molar refractivity (Wildman–Crippen MR) is 87.9 cm³/mol. The number of ether oxygens (including phenoxy) is 2. The fraction of sp³-hybridized carbons (Fsp3) is 0.222. The van der Waals surface area contributed by atoms with E-state index in [2.05, 4.69) is 0 Å². The van der Waals surface area contributed by atoms with Crippen molar-refractivity contribution in [1.29, 1.82) is 0 Å². The second-order valence-corrected chi connectivity index (χ2v) is 5.56. The smallest absolute Gasteiger partial charge is 0.346 e. The molecule has 0 aromatic heterocycles. The van der Waals surface area contributed by atoms with E-state index in [1.54, 1.807) is 0 Å². The molecule has 0 aliphatic heterocycles. The van der Waals surface area contributed by atoms with Crippen LogP contribution in [0.4, 0.5) is 13.2 Å². The van der Waals surface area contributed by atoms with Gasteiger partial charge in [0.05, 0.1) is 5.56 Å². The van der Waals surface area contributed by atoms with Gasteiger partial charge in [-0.1, -0.05) is 12.1 Å². The summed E-state index contributed by atoms with van der Waals surface area (Å²) in [7, 11) is 0. The lowest BCUT2D eigenvalue weighted by atomic mass is 10.2. The van der Waals surface area contributed by atoms with E-state index >= 15 is 0 Å². The van der Waals surface area contributed by atoms with Crippen molar-refractivity contribution in [2.24, 2.45) is 0 Å². The normalized spacial score (nSPS) is 10.5. The third-order valence-corrected chi connectivity index (χ3v) is 3.56. The summed E-state index contributed by atoms with van der Waals surface area (Å²) in [5.74, 6) is -6.48. The molecule has 0 heterocycles. The number of carbonyl (C=O) groups excluding carboxylic acids is 2. The third kappa shape index (κ3) is 4.98. The van der Waals surface area contributed by atoms with Gasteiger partial charge < -0.3 is 9.47 Å². The van der Waals surface area contributed by atoms with Crippen LogP contribution in [0.5, 0.6) is 11.5 Å². The lowest BCUT2D eigenvalue weighted by molar-refractivity contribution is -0.134. The van der Waals surface area contributed by atoms with E-state index in [9.17, 15) is 22.8 Å². The molecule has 138 valence electrons. The first kappa shape index (κ1) is 19.8. The molecule has 0 bridgehead atoms. The Morgan fingerprint density at radius 1 is 0.885 bits per heavy atom. The number of carbonyl (C=O) groups is 2. The predicted octanol–water partition coefficient (Wildman–Crippen LogP) is 4.64. The van der Waals surface area contributed by atoms with Crippen LogP contribution in [0.2, 0.25) is 0 Å². The lowest BCUT2D eigenvalue weighted by Crippen LogP contribution is -2.14. The molecule has 0 N–H and O–H groups in total. The average molecular weight is 387 g/mol. The molecular weight excluding hydrogens is 373 g/mol. The minimum atomic E-state index is -1.78. The van der Waals surface area contributed by atoms with Gasteiger partial charge in [-0.05, 0) is 37.1 Å². The standard InChI is InChI=1S/C18H14ClF3O4/c19-10-4-3-7-15(23)25-13-5-1-2-6-14(13)26-18(24)11-8-9-12(20)17(22)16(11)21/h1-2,5-6,8-9H,3-4,7,10H2. The monoisotopic (exact) mass is 386 g/mol. The summed E-state index contributed by atoms with van der Waals surface area (Å²) in [6, 6.07) is 7.10. The molecule has 2 aromatic rings. The second kappa shape index (κ2) is 9.24. The molecule has 0 saturated carbocycles. The fourth-order valence-corrected chi connectivity index (χ4v) is 2.18. The number of esters is 2. The van der Waals surface area contributed by atoms with E-state index in [0.29, 0.717) is 24.8 Å². The fourth-order valence-electron chi connectivity index (χ4n) is 1.99. The zero-order valence-electron chi connectivity index (χ0n) is 13.4. The van der Waals surface area contributed by atoms with Crippen molar-refractivity contribution < 1.29 is 32.2 Å². The average Bonchev–Trinajstić information content (AvgIpc) is 2.61. The first-order valence-corrected chi connectivity index (χ1v) is 8.19. The minimum absolute atomic E-state index is 0.0558. The van der Waals surface area contributed by atoms with Gasteiger partial charge in [0, 0.05) is 12.3 Å². The molecule has 0 saturated heterocycles. The van der Waals surface area contributed by atoms with Crippen molar-refractivity contribution in [3.63, 3.8) is 0 Å². The number of hydrogen-bond acceptors (Lipinski definition) is 4. The Morgan fingerprint density at radius 3 is 2.19 bits per heavy atom. The van der Waals surface area contributed by atoms with Crippen molar-refractivity contribution in [2.75, 3.05) is 5.88 Å². The van der Waals surface area contributed by atoms with Gasteiger partial charge in [-0.3, -0.25) is 4.79 Å². The Hall–Kier alpha value is -2.54. The summed E-state index contributed by atoms with van der Waals surface area (Å²) in [6.45, 7) is 0. The Bertz CT molecular complexity index is 811. The van der Waals surface area contributed by atoms with Gasteiger partial charge in [0.2, 0.25) is 0 Å². The molecule has 0 radical (unpaired) electrons. The zero-order chi connectivity index (χ0) is 19.1. The van der Waals surface area contributed by atoms with Gasteiger partial charge in [-0.2, -0.15) is 0 Å². The summed E-state index contributed by atoms with van der Waals surface area (Å²) >= 11 is 5.53. The van der Waals surface area contributed by atoms with E-state index in [1.165, 1.54) is 24.3 Å². The highest BCUT2D eigenvalue weighted by Gasteiger charge is 2.22. The van der Waals surface area contributed by atoms with Gasteiger partial charge in [0.25, 0.3) is 0 Å². The van der Waals surface area contributed by atoms with Crippen molar-refractivity contribution in [3.05, 3.63) is 59.4 Å². The Labute approximate surface area is 152 Å². The van der Waals surface area contributed by atoms with Gasteiger partial charge >= 0.3 is 11.9 Å². The molecule has 2 rings (SSSR count). The quantitative estimate of drug-likeness (QED) is 0.229. The van der Waals surface area contributed by atoms with Crippen LogP contribution in [0.3, 0.4) is 0 Å². The van der Waals surface area contributed by atoms with Crippen molar-refractivity contribution in [3.8, 4) is 11.5 Å². The van der Waals surface area contributed by atoms with Crippen LogP contribution in [0.1, 0.15) is 29.6 Å². The highest BCUT2D eigenvalue weighted by atomic mass is 35.5. The zero-order valence-corrected chi connectivity index (χ0v) is 14.2. The molecule has 0 spiro atoms. The highest BCUT2D eigenvalue weighted by Crippen LogP contribution is 2.28. The number of alkyl halides is 1. The number of hydrogen-bond donors (Lipinski definition) is 0. The molecule has 0 aliphatic carbocycles. The van der Waals surface area contributed by atoms with Gasteiger partial charge in [-0.25, -0.2) is 18.0 Å². The minimum Gasteiger partial charge on any atom is -0.423 e. The van der Waals surface area contributed by atoms with E-state index < -0.39 is 35.0 Å². The number of para-hydroxylation sites is 2. The summed E-state index contributed by atoms with van der Waals surface area (Å²) in [4.78, 5) is 23.8. The van der Waals surface area contributed by atoms with Gasteiger partial charge in [0.15, 0.2) is 29.0 Å². The number of unbranched alkanes of at least 4 members (excludes halogenated alkanes) is 1. The van der Waals surface area contributed by atoms with Crippen LogP contribution in [0, 0.1) is 17.5 Å². The Morgan fingerprint density at radius 2 is 1.54 bits per heavy atom. The first-order chi connectivity index (χ1) is 12.4. The van der Waals surface area contributed by atoms with Gasteiger partial charge in [-0.15, -0.1) is 11.6 Å². The Balaban J connectivity index is 2.14. The van der Waals surface area contributed by atoms with Crippen molar-refractivity contribution >= 4 is 23.5 Å². The molecule has 8 heteroatoms. The maximum atomic E-state index is 13.7. The molecule has 0 atom stereocenters. The molecule has 0 aliphatic rings. The second-order valence-electron chi connectivity index (χ2n) is 5.18. The molecule has 2 aromatic carbocycles. The summed E-state index contributed by atoms with van der Waals surface area (Å²) in [5, 5.41) is 0. The number of benzene rings is 2. The molecule has 0 fully saturated rings. The first-order valence-electron chi connectivity index (χ1n) is 7.65. The van der Waals surface area contributed by atoms with E-state index in [4.69, 9.17) is 21.1 Å². The molecule has 4 nitrogen and oxygen atoms in total. The molecule has 26 heavy (non-hydrogen) atoms. The van der Waals surface area contributed by atoms with E-state index in [0.717, 1.165) is 6.07 Å². The van der Waals surface area contributed by atoms with Crippen LogP contribution >= 0.6 is 11.6 Å². The van der Waals surface area contributed by atoms with Crippen LogP contribution in [-0.4, -0.2) is 17.8 Å². The topological polar surface area (TPSA) is 52.6 Å². The van der Waals surface area contributed by atoms with Crippen molar-refractivity contribution in [1.82, 2.24) is 0 Å². The number of rotatable bonds is 7. The van der Waals surface area contributed by atoms with E-state index in [-0.39, 0.29) is 17.9 Å². The number of halogens is 4. The molecular formula is C18H14ClF3O4. The van der Waals surface area contributed by atoms with Crippen LogP contribution in [0.15, 0.2) is 36.4 Å². The van der Waals surface area contributed by atoms with Gasteiger partial charge in [0.1, 0.15) is 0 Å². The SMILES string of the molecule is O=C(CCCCCl)Oc1ccccc1OC(=O)c1ccc(F)c(F)c1F. The Kier molecular flexibility index (Phi) is 7.03. The largest absolute Gasteiger partial charge is 0.423 e. The third-order valence-electron chi connectivity index (χ3n) is 3.30. The lowest BCUT2D eigenvalue weighted by Gasteiger charge is -2.11. The molecule has 0 unspecified atom stereocenters. The maximum Gasteiger partial charge on any atom is 0.346 e. The van der Waals surface area contributed by atoms with Crippen molar-refractivity contribution in [2.45, 2.75) is 19.3 Å². The van der Waals surface area contributed by atoms with Crippen LogP contribution in [-0.2, 0) is 4.79 Å². The summed E-state index contributed by atoms with van der Waals surface area (Å²) in [5.41, 5.74) is -0.785. The molecule has 0 amide bonds. The van der Waals surface area contributed by atoms with Crippen LogP contribution in [0.25, 0.3) is 0 Å².